The summed E-state index contributed by atoms with van der Waals surface area (Å²) in [5.74, 6) is -4.91. The van der Waals surface area contributed by atoms with Crippen LogP contribution in [0.5, 0.6) is 0 Å². The van der Waals surface area contributed by atoms with Crippen LogP contribution in [0.4, 0.5) is 26.3 Å². The van der Waals surface area contributed by atoms with Gasteiger partial charge in [0.2, 0.25) is 0 Å². The number of rotatable bonds is 3. The molecule has 7 heteroatoms. The van der Waals surface area contributed by atoms with Gasteiger partial charge in [-0.15, -0.1) is 0 Å². The summed E-state index contributed by atoms with van der Waals surface area (Å²) in [6.07, 6.45) is -10.0. The Hall–Kier alpha value is -0.460. The van der Waals surface area contributed by atoms with E-state index in [4.69, 9.17) is 0 Å². The lowest BCUT2D eigenvalue weighted by molar-refractivity contribution is -0.366. The molecule has 0 N–H and O–H groups in total. The van der Waals surface area contributed by atoms with Gasteiger partial charge in [0.25, 0.3) is 0 Å². The van der Waals surface area contributed by atoms with Crippen LogP contribution in [0.3, 0.4) is 0 Å². The second-order valence-electron chi connectivity index (χ2n) is 1.79. The smallest absolute Gasteiger partial charge is 0.334 e. The van der Waals surface area contributed by atoms with Gasteiger partial charge in [0.15, 0.2) is 0 Å². The monoisotopic (exact) mass is 195 g/mol. The van der Waals surface area contributed by atoms with E-state index in [1.54, 1.807) is 0 Å². The molecule has 0 aromatic carbocycles. The summed E-state index contributed by atoms with van der Waals surface area (Å²) in [7, 11) is 0. The van der Waals surface area contributed by atoms with E-state index in [9.17, 15) is 26.3 Å². The van der Waals surface area contributed by atoms with Crippen LogP contribution in [-0.4, -0.2) is 25.1 Å². The van der Waals surface area contributed by atoms with Gasteiger partial charge in [-0.1, -0.05) is 0 Å². The first kappa shape index (κ1) is 11.5. The lowest BCUT2D eigenvalue weighted by Crippen LogP contribution is -2.49. The second kappa shape index (κ2) is 3.51. The molecule has 0 saturated carbocycles. The molecule has 1 atom stereocenters. The van der Waals surface area contributed by atoms with Crippen LogP contribution in [0.1, 0.15) is 0 Å². The fourth-order valence-corrected chi connectivity index (χ4v) is 0.417. The first-order valence-electron chi connectivity index (χ1n) is 2.72. The molecule has 0 aliphatic heterocycles. The van der Waals surface area contributed by atoms with Crippen LogP contribution in [-0.2, 0) is 4.74 Å². The maximum absolute atomic E-state index is 12.3. The van der Waals surface area contributed by atoms with Crippen molar-refractivity contribution in [3.63, 3.8) is 0 Å². The zero-order valence-electron chi connectivity index (χ0n) is 5.67. The number of ether oxygens (including phenoxy) is 1. The Balaban J connectivity index is 4.62. The quantitative estimate of drug-likeness (QED) is 0.628. The van der Waals surface area contributed by atoms with E-state index in [0.717, 1.165) is 0 Å². The van der Waals surface area contributed by atoms with Gasteiger partial charge in [-0.2, -0.15) is 17.6 Å². The molecule has 0 aromatic heterocycles. The Bertz CT molecular complexity index is 143. The summed E-state index contributed by atoms with van der Waals surface area (Å²) in [4.78, 5) is 0. The van der Waals surface area contributed by atoms with Crippen LogP contribution >= 0.6 is 0 Å². The largest absolute Gasteiger partial charge is 0.454 e. The van der Waals surface area contributed by atoms with Crippen molar-refractivity contribution in [2.75, 3.05) is 6.61 Å². The summed E-state index contributed by atoms with van der Waals surface area (Å²) in [6, 6.07) is 0. The highest BCUT2D eigenvalue weighted by Crippen LogP contribution is 2.39. The van der Waals surface area contributed by atoms with Gasteiger partial charge in [-0.05, 0) is 6.92 Å². The Labute approximate surface area is 64.3 Å². The van der Waals surface area contributed by atoms with Crippen LogP contribution < -0.4 is 0 Å². The molecule has 0 aromatic rings. The zero-order valence-corrected chi connectivity index (χ0v) is 5.67. The molecule has 0 heterocycles. The highest BCUT2D eigenvalue weighted by molar-refractivity contribution is 4.80. The minimum absolute atomic E-state index is 1.03. The fraction of sp³-hybridized carbons (Fsp3) is 0.800. The van der Waals surface area contributed by atoms with Crippen LogP contribution in [0.2, 0.25) is 0 Å². The number of hydrogen-bond donors (Lipinski definition) is 0. The zero-order chi connectivity index (χ0) is 9.99. The fourth-order valence-electron chi connectivity index (χ4n) is 0.417. The summed E-state index contributed by atoms with van der Waals surface area (Å²) in [5.41, 5.74) is 0. The average molecular weight is 195 g/mol. The molecule has 1 nitrogen and oxygen atoms in total. The lowest BCUT2D eigenvalue weighted by Gasteiger charge is -2.25. The summed E-state index contributed by atoms with van der Waals surface area (Å²) in [5, 5.41) is 0. The minimum atomic E-state index is -5.75. The van der Waals surface area contributed by atoms with Crippen molar-refractivity contribution in [2.45, 2.75) is 18.5 Å². The van der Waals surface area contributed by atoms with Crippen LogP contribution in [0.25, 0.3) is 0 Å². The average Bonchev–Trinajstić information content (AvgIpc) is 1.85. The number of hydrogen-bond acceptors (Lipinski definition) is 1. The molecule has 12 heavy (non-hydrogen) atoms. The Kier molecular flexibility index (Phi) is 3.37. The summed E-state index contributed by atoms with van der Waals surface area (Å²) >= 11 is 0. The van der Waals surface area contributed by atoms with Crippen molar-refractivity contribution in [3.8, 4) is 0 Å². The van der Waals surface area contributed by atoms with Crippen LogP contribution in [0.15, 0.2) is 0 Å². The van der Waals surface area contributed by atoms with Crippen molar-refractivity contribution in [1.29, 1.82) is 0 Å². The van der Waals surface area contributed by atoms with Crippen molar-refractivity contribution >= 4 is 0 Å². The first-order chi connectivity index (χ1) is 5.25. The maximum Gasteiger partial charge on any atom is 0.454 e. The molecule has 0 saturated heterocycles. The number of alkyl halides is 6. The Morgan fingerprint density at radius 3 is 1.67 bits per heavy atom. The summed E-state index contributed by atoms with van der Waals surface area (Å²) in [6.45, 7) is 1.64. The third kappa shape index (κ3) is 2.02. The van der Waals surface area contributed by atoms with E-state index in [2.05, 4.69) is 11.7 Å². The van der Waals surface area contributed by atoms with Gasteiger partial charge in [0, 0.05) is 0 Å². The normalized spacial score (nSPS) is 18.0. The van der Waals surface area contributed by atoms with Gasteiger partial charge >= 0.3 is 18.5 Å². The predicted molar refractivity (Wildman–Crippen MR) is 27.2 cm³/mol. The molecule has 0 aliphatic carbocycles. The predicted octanol–water partition coefficient (Wildman–Crippen LogP) is 2.33. The van der Waals surface area contributed by atoms with E-state index in [0.29, 0.717) is 0 Å². The van der Waals surface area contributed by atoms with Gasteiger partial charge in [0.1, 0.15) is 0 Å². The molecule has 0 amide bonds. The molecule has 73 valence electrons. The summed E-state index contributed by atoms with van der Waals surface area (Å²) < 4.78 is 73.1. The standard InChI is InChI=1S/C5H5F6O/c1-2-12-4(8,3(6)7)5(9,10)11/h3H,1-2H2. The lowest BCUT2D eigenvalue weighted by atomic mass is 10.3. The Morgan fingerprint density at radius 1 is 1.17 bits per heavy atom. The molecule has 0 rings (SSSR count). The third-order valence-electron chi connectivity index (χ3n) is 0.979. The van der Waals surface area contributed by atoms with E-state index in [-0.39, 0.29) is 0 Å². The van der Waals surface area contributed by atoms with Crippen molar-refractivity contribution < 1.29 is 31.1 Å². The van der Waals surface area contributed by atoms with Gasteiger partial charge in [-0.3, -0.25) is 0 Å². The maximum atomic E-state index is 12.3. The molecule has 0 fully saturated rings. The second-order valence-corrected chi connectivity index (χ2v) is 1.79. The SMILES string of the molecule is [CH2]COC(F)(C(F)F)C(F)(F)F. The molecule has 0 bridgehead atoms. The van der Waals surface area contributed by atoms with E-state index < -0.39 is 25.1 Å². The van der Waals surface area contributed by atoms with Crippen molar-refractivity contribution in [3.05, 3.63) is 6.92 Å². The van der Waals surface area contributed by atoms with Crippen molar-refractivity contribution in [1.82, 2.24) is 0 Å². The first-order valence-corrected chi connectivity index (χ1v) is 2.72. The molecular formula is C5H5F6O. The molecule has 0 spiro atoms. The molecular weight excluding hydrogens is 190 g/mol. The highest BCUT2D eigenvalue weighted by Gasteiger charge is 2.64. The molecule has 1 unspecified atom stereocenters. The minimum Gasteiger partial charge on any atom is -0.334 e. The van der Waals surface area contributed by atoms with Crippen LogP contribution in [0, 0.1) is 6.92 Å². The molecule has 0 aliphatic rings. The van der Waals surface area contributed by atoms with E-state index >= 15 is 0 Å². The topological polar surface area (TPSA) is 9.23 Å². The van der Waals surface area contributed by atoms with E-state index in [1.807, 2.05) is 0 Å². The highest BCUT2D eigenvalue weighted by atomic mass is 19.4. The van der Waals surface area contributed by atoms with Gasteiger partial charge in [-0.25, -0.2) is 8.78 Å². The van der Waals surface area contributed by atoms with Crippen molar-refractivity contribution in [2.24, 2.45) is 0 Å². The van der Waals surface area contributed by atoms with Gasteiger partial charge < -0.3 is 4.74 Å². The third-order valence-corrected chi connectivity index (χ3v) is 0.979. The number of halogens is 6. The van der Waals surface area contributed by atoms with Gasteiger partial charge in [0.05, 0.1) is 6.61 Å². The van der Waals surface area contributed by atoms with E-state index in [1.165, 1.54) is 0 Å². The Morgan fingerprint density at radius 2 is 1.58 bits per heavy atom. The molecule has 1 radical (unpaired) electrons.